The number of esters is 1. The normalized spacial score (nSPS) is 12.2. The fourth-order valence-electron chi connectivity index (χ4n) is 2.70. The number of benzene rings is 2. The lowest BCUT2D eigenvalue weighted by atomic mass is 10.1. The van der Waals surface area contributed by atoms with Crippen LogP contribution in [0.2, 0.25) is 0 Å². The van der Waals surface area contributed by atoms with Gasteiger partial charge in [-0.25, -0.2) is 8.78 Å². The van der Waals surface area contributed by atoms with Gasteiger partial charge in [-0.05, 0) is 41.8 Å². The zero-order valence-corrected chi connectivity index (χ0v) is 15.4. The highest BCUT2D eigenvalue weighted by Crippen LogP contribution is 2.13. The fraction of sp³-hybridized carbons (Fsp3) is 0.381. The third kappa shape index (κ3) is 7.85. The Kier molecular flexibility index (Phi) is 8.36. The molecule has 0 aliphatic rings. The molecule has 0 aromatic heterocycles. The van der Waals surface area contributed by atoms with Gasteiger partial charge >= 0.3 is 5.97 Å². The van der Waals surface area contributed by atoms with Crippen molar-refractivity contribution in [2.24, 2.45) is 0 Å². The van der Waals surface area contributed by atoms with Crippen molar-refractivity contribution in [1.29, 1.82) is 0 Å². The first-order valence-electron chi connectivity index (χ1n) is 9.01. The number of hydrogen-bond donors (Lipinski definition) is 1. The quantitative estimate of drug-likeness (QED) is 0.642. The maximum absolute atomic E-state index is 13.1. The van der Waals surface area contributed by atoms with E-state index in [4.69, 9.17) is 4.74 Å². The Balaban J connectivity index is 2.00. The monoisotopic (exact) mass is 377 g/mol. The molecule has 0 aliphatic heterocycles. The summed E-state index contributed by atoms with van der Waals surface area (Å²) in [6, 6.07) is 12.3. The molecule has 4 nitrogen and oxygen atoms in total. The lowest BCUT2D eigenvalue weighted by Crippen LogP contribution is -2.34. The molecule has 0 radical (unpaired) electrons. The van der Waals surface area contributed by atoms with E-state index in [1.165, 1.54) is 24.3 Å². The van der Waals surface area contributed by atoms with Gasteiger partial charge in [-0.15, -0.1) is 0 Å². The molecule has 0 fully saturated rings. The van der Waals surface area contributed by atoms with Crippen LogP contribution >= 0.6 is 0 Å². The molecule has 27 heavy (non-hydrogen) atoms. The molecule has 1 N–H and O–H groups in total. The minimum atomic E-state index is -0.855. The SMILES string of the molecule is CCCC(=O)OC[C@H](O)CN(Cc1ccc(F)cc1)Cc1ccc(F)cc1. The van der Waals surface area contributed by atoms with Crippen LogP contribution in [0.15, 0.2) is 48.5 Å². The minimum absolute atomic E-state index is 0.0812. The first-order valence-corrected chi connectivity index (χ1v) is 9.01. The number of nitrogens with zero attached hydrogens (tertiary/aromatic N) is 1. The van der Waals surface area contributed by atoms with Crippen molar-refractivity contribution >= 4 is 5.97 Å². The van der Waals surface area contributed by atoms with E-state index in [1.54, 1.807) is 24.3 Å². The van der Waals surface area contributed by atoms with Crippen molar-refractivity contribution in [2.45, 2.75) is 39.0 Å². The average molecular weight is 377 g/mol. The predicted molar refractivity (Wildman–Crippen MR) is 98.8 cm³/mol. The van der Waals surface area contributed by atoms with Crippen molar-refractivity contribution in [1.82, 2.24) is 4.90 Å². The molecule has 146 valence electrons. The molecule has 0 amide bonds. The van der Waals surface area contributed by atoms with E-state index in [1.807, 2.05) is 11.8 Å². The lowest BCUT2D eigenvalue weighted by Gasteiger charge is -2.25. The summed E-state index contributed by atoms with van der Waals surface area (Å²) in [5.41, 5.74) is 1.77. The first kappa shape index (κ1) is 21.0. The zero-order valence-electron chi connectivity index (χ0n) is 15.4. The molecule has 0 bridgehead atoms. The summed E-state index contributed by atoms with van der Waals surface area (Å²) >= 11 is 0. The van der Waals surface area contributed by atoms with Gasteiger partial charge in [0.1, 0.15) is 24.3 Å². The summed E-state index contributed by atoms with van der Waals surface area (Å²) in [6.07, 6.45) is 0.157. The second kappa shape index (κ2) is 10.7. The molecular weight excluding hydrogens is 352 g/mol. The van der Waals surface area contributed by atoms with Gasteiger partial charge < -0.3 is 9.84 Å². The van der Waals surface area contributed by atoms with E-state index in [0.29, 0.717) is 25.9 Å². The number of aliphatic hydroxyl groups is 1. The maximum atomic E-state index is 13.1. The van der Waals surface area contributed by atoms with E-state index in [0.717, 1.165) is 11.1 Å². The first-order chi connectivity index (χ1) is 13.0. The van der Waals surface area contributed by atoms with Gasteiger partial charge in [-0.2, -0.15) is 0 Å². The molecule has 0 saturated carbocycles. The highest BCUT2D eigenvalue weighted by atomic mass is 19.1. The van der Waals surface area contributed by atoms with Crippen molar-refractivity contribution in [3.63, 3.8) is 0 Å². The van der Waals surface area contributed by atoms with Gasteiger partial charge in [0.2, 0.25) is 0 Å². The minimum Gasteiger partial charge on any atom is -0.463 e. The predicted octanol–water partition coefficient (Wildman–Crippen LogP) is 3.67. The van der Waals surface area contributed by atoms with Crippen LogP contribution in [0.3, 0.4) is 0 Å². The van der Waals surface area contributed by atoms with Gasteiger partial charge in [0, 0.05) is 26.1 Å². The highest BCUT2D eigenvalue weighted by molar-refractivity contribution is 5.69. The number of aliphatic hydroxyl groups excluding tert-OH is 1. The largest absolute Gasteiger partial charge is 0.463 e. The van der Waals surface area contributed by atoms with E-state index >= 15 is 0 Å². The number of carbonyl (C=O) groups is 1. The van der Waals surface area contributed by atoms with Crippen molar-refractivity contribution in [3.05, 3.63) is 71.3 Å². The highest BCUT2D eigenvalue weighted by Gasteiger charge is 2.15. The molecule has 1 atom stereocenters. The van der Waals surface area contributed by atoms with E-state index in [2.05, 4.69) is 0 Å². The summed E-state index contributed by atoms with van der Waals surface area (Å²) in [7, 11) is 0. The van der Waals surface area contributed by atoms with Crippen LogP contribution in [-0.2, 0) is 22.6 Å². The fourth-order valence-corrected chi connectivity index (χ4v) is 2.70. The molecule has 6 heteroatoms. The average Bonchev–Trinajstić information content (AvgIpc) is 2.64. The van der Waals surface area contributed by atoms with E-state index in [-0.39, 0.29) is 30.8 Å². The Morgan fingerprint density at radius 2 is 1.48 bits per heavy atom. The Hall–Kier alpha value is -2.31. The molecule has 2 rings (SSSR count). The molecule has 0 saturated heterocycles. The Morgan fingerprint density at radius 1 is 1.00 bits per heavy atom. The van der Waals surface area contributed by atoms with Crippen LogP contribution in [0.5, 0.6) is 0 Å². The van der Waals surface area contributed by atoms with E-state index < -0.39 is 6.10 Å². The van der Waals surface area contributed by atoms with Crippen LogP contribution in [0.1, 0.15) is 30.9 Å². The third-order valence-electron chi connectivity index (χ3n) is 4.00. The Morgan fingerprint density at radius 3 is 1.93 bits per heavy atom. The zero-order chi connectivity index (χ0) is 19.6. The van der Waals surface area contributed by atoms with Crippen LogP contribution in [0.4, 0.5) is 8.78 Å². The molecule has 0 spiro atoms. The molecule has 0 aliphatic carbocycles. The van der Waals surface area contributed by atoms with Gasteiger partial charge in [0.05, 0.1) is 0 Å². The van der Waals surface area contributed by atoms with Crippen LogP contribution in [0, 0.1) is 11.6 Å². The maximum Gasteiger partial charge on any atom is 0.305 e. The van der Waals surface area contributed by atoms with E-state index in [9.17, 15) is 18.7 Å². The topological polar surface area (TPSA) is 49.8 Å². The van der Waals surface area contributed by atoms with Crippen LogP contribution < -0.4 is 0 Å². The Labute approximate surface area is 158 Å². The summed E-state index contributed by atoms with van der Waals surface area (Å²) in [4.78, 5) is 13.4. The smallest absolute Gasteiger partial charge is 0.305 e. The standard InChI is InChI=1S/C21H25F2NO3/c1-2-3-21(26)27-15-20(25)14-24(12-16-4-8-18(22)9-5-16)13-17-6-10-19(23)11-7-17/h4-11,20,25H,2-3,12-15H2,1H3/t20-/m1/s1. The summed E-state index contributed by atoms with van der Waals surface area (Å²) < 4.78 is 31.3. The summed E-state index contributed by atoms with van der Waals surface area (Å²) in [5, 5.41) is 10.2. The van der Waals surface area contributed by atoms with Crippen molar-refractivity contribution in [3.8, 4) is 0 Å². The molecule has 0 unspecified atom stereocenters. The van der Waals surface area contributed by atoms with Crippen molar-refractivity contribution in [2.75, 3.05) is 13.2 Å². The lowest BCUT2D eigenvalue weighted by molar-refractivity contribution is -0.147. The Bertz CT molecular complexity index is 657. The molecule has 2 aromatic rings. The molecular formula is C21H25F2NO3. The molecule has 2 aromatic carbocycles. The number of carbonyl (C=O) groups excluding carboxylic acids is 1. The van der Waals surface area contributed by atoms with Gasteiger partial charge in [-0.3, -0.25) is 9.69 Å². The van der Waals surface area contributed by atoms with Gasteiger partial charge in [-0.1, -0.05) is 31.2 Å². The third-order valence-corrected chi connectivity index (χ3v) is 4.00. The molecule has 0 heterocycles. The summed E-state index contributed by atoms with van der Waals surface area (Å²) in [5.74, 6) is -0.960. The van der Waals surface area contributed by atoms with Crippen LogP contribution in [-0.4, -0.2) is 35.2 Å². The second-order valence-electron chi connectivity index (χ2n) is 6.51. The number of ether oxygens (including phenoxy) is 1. The number of rotatable bonds is 10. The second-order valence-corrected chi connectivity index (χ2v) is 6.51. The number of halogens is 2. The van der Waals surface area contributed by atoms with Crippen LogP contribution in [0.25, 0.3) is 0 Å². The van der Waals surface area contributed by atoms with Gasteiger partial charge in [0.25, 0.3) is 0 Å². The summed E-state index contributed by atoms with van der Waals surface area (Å²) in [6.45, 7) is 3.00. The number of hydrogen-bond acceptors (Lipinski definition) is 4. The van der Waals surface area contributed by atoms with Crippen molar-refractivity contribution < 1.29 is 23.4 Å². The van der Waals surface area contributed by atoms with Gasteiger partial charge in [0.15, 0.2) is 0 Å².